The lowest BCUT2D eigenvalue weighted by Gasteiger charge is -1.59. The molecule has 0 bridgehead atoms. The normalized spacial score (nSPS) is 4.43. The Morgan fingerprint density at radius 1 is 1.57 bits per heavy atom. The van der Waals surface area contributed by atoms with Crippen LogP contribution in [0.1, 0.15) is 6.92 Å². The van der Waals surface area contributed by atoms with Crippen LogP contribution in [0.5, 0.6) is 0 Å². The van der Waals surface area contributed by atoms with Gasteiger partial charge in [0.1, 0.15) is 0 Å². The highest BCUT2D eigenvalue weighted by Crippen LogP contribution is 1.42. The largest absolute Gasteiger partial charge is 0.481 e. The number of carboxylic acid groups (broad SMARTS) is 1. The summed E-state index contributed by atoms with van der Waals surface area (Å²) < 4.78 is 0. The number of carbonyl (C=O) groups is 1. The highest BCUT2D eigenvalue weighted by Gasteiger charge is 1.65. The van der Waals surface area contributed by atoms with E-state index in [4.69, 9.17) is 9.90 Å². The summed E-state index contributed by atoms with van der Waals surface area (Å²) in [6.07, 6.45) is 0. The van der Waals surface area contributed by atoms with E-state index in [-0.39, 0.29) is 5.48 Å². The number of hydrogen-bond acceptors (Lipinski definition) is 3. The van der Waals surface area contributed by atoms with Crippen molar-refractivity contribution >= 4 is 5.97 Å². The molecule has 0 aliphatic carbocycles. The summed E-state index contributed by atoms with van der Waals surface area (Å²) in [5.41, 5.74) is 0. The SMILES string of the molecule is CC(=O)O.NN.O. The molecule has 0 spiro atoms. The van der Waals surface area contributed by atoms with Crippen LogP contribution in [0.15, 0.2) is 0 Å². The van der Waals surface area contributed by atoms with Gasteiger partial charge in [-0.25, -0.2) is 0 Å². The Morgan fingerprint density at radius 2 is 1.57 bits per heavy atom. The van der Waals surface area contributed by atoms with Gasteiger partial charge >= 0.3 is 0 Å². The van der Waals surface area contributed by atoms with Crippen LogP contribution in [0.3, 0.4) is 0 Å². The lowest BCUT2D eigenvalue weighted by molar-refractivity contribution is -0.134. The van der Waals surface area contributed by atoms with Crippen molar-refractivity contribution in [2.75, 3.05) is 0 Å². The first-order chi connectivity index (χ1) is 2.73. The van der Waals surface area contributed by atoms with Crippen LogP contribution in [-0.4, -0.2) is 16.6 Å². The standard InChI is InChI=1S/C2H4O2.H4N2.H2O/c1-2(3)4;1-2;/h1H3,(H,3,4);1-2H2;1H2. The fourth-order valence-corrected chi connectivity index (χ4v) is 0. The van der Waals surface area contributed by atoms with E-state index in [0.717, 1.165) is 6.92 Å². The molecule has 0 aromatic carbocycles. The molecule has 0 amide bonds. The second kappa shape index (κ2) is 18.3. The van der Waals surface area contributed by atoms with Gasteiger partial charge in [-0.15, -0.1) is 0 Å². The van der Waals surface area contributed by atoms with E-state index in [1.165, 1.54) is 0 Å². The second-order valence-electron chi connectivity index (χ2n) is 0.519. The molecule has 0 atom stereocenters. The third kappa shape index (κ3) is 142. The molecule has 0 saturated carbocycles. The lowest BCUT2D eigenvalue weighted by Crippen LogP contribution is -2.02. The molecule has 0 aromatic heterocycles. The van der Waals surface area contributed by atoms with Gasteiger partial charge in [0.25, 0.3) is 5.97 Å². The molecule has 5 heteroatoms. The number of hydrogen-bond donors (Lipinski definition) is 3. The average Bonchev–Trinajstić information content (AvgIpc) is 1.41. The van der Waals surface area contributed by atoms with Crippen LogP contribution in [0, 0.1) is 0 Å². The molecule has 0 saturated heterocycles. The Balaban J connectivity index is -0.0000000480. The lowest BCUT2D eigenvalue weighted by atomic mass is 10.9. The highest BCUT2D eigenvalue weighted by atomic mass is 16.4. The van der Waals surface area contributed by atoms with Crippen molar-refractivity contribution in [2.45, 2.75) is 6.92 Å². The first-order valence-electron chi connectivity index (χ1n) is 1.26. The van der Waals surface area contributed by atoms with E-state index >= 15 is 0 Å². The minimum Gasteiger partial charge on any atom is -0.481 e. The van der Waals surface area contributed by atoms with Crippen molar-refractivity contribution in [3.8, 4) is 0 Å². The molecule has 0 unspecified atom stereocenters. The third-order valence-corrected chi connectivity index (χ3v) is 0. The summed E-state index contributed by atoms with van der Waals surface area (Å²) in [4.78, 5) is 9.00. The quantitative estimate of drug-likeness (QED) is 0.248. The van der Waals surface area contributed by atoms with Crippen molar-refractivity contribution in [2.24, 2.45) is 11.7 Å². The Morgan fingerprint density at radius 3 is 1.57 bits per heavy atom. The van der Waals surface area contributed by atoms with Gasteiger partial charge in [0.15, 0.2) is 0 Å². The minimum atomic E-state index is -0.833. The highest BCUT2D eigenvalue weighted by molar-refractivity contribution is 5.62. The molecule has 0 rings (SSSR count). The van der Waals surface area contributed by atoms with E-state index in [1.807, 2.05) is 0 Å². The van der Waals surface area contributed by atoms with Crippen molar-refractivity contribution in [3.63, 3.8) is 0 Å². The Labute approximate surface area is 41.2 Å². The zero-order valence-corrected chi connectivity index (χ0v) is 4.01. The summed E-state index contributed by atoms with van der Waals surface area (Å²) >= 11 is 0. The van der Waals surface area contributed by atoms with Crippen LogP contribution in [-0.2, 0) is 4.79 Å². The topological polar surface area (TPSA) is 121 Å². The van der Waals surface area contributed by atoms with Crippen molar-refractivity contribution in [1.82, 2.24) is 0 Å². The van der Waals surface area contributed by atoms with E-state index in [0.29, 0.717) is 0 Å². The predicted octanol–water partition coefficient (Wildman–Crippen LogP) is -1.91. The summed E-state index contributed by atoms with van der Waals surface area (Å²) in [6, 6.07) is 0. The molecule has 0 heterocycles. The molecule has 0 aliphatic heterocycles. The summed E-state index contributed by atoms with van der Waals surface area (Å²) in [7, 11) is 0. The van der Waals surface area contributed by atoms with Crippen LogP contribution < -0.4 is 11.7 Å². The van der Waals surface area contributed by atoms with Crippen LogP contribution >= 0.6 is 0 Å². The van der Waals surface area contributed by atoms with Crippen molar-refractivity contribution in [1.29, 1.82) is 0 Å². The van der Waals surface area contributed by atoms with Crippen molar-refractivity contribution in [3.05, 3.63) is 0 Å². The van der Waals surface area contributed by atoms with E-state index in [1.54, 1.807) is 0 Å². The first-order valence-corrected chi connectivity index (χ1v) is 1.26. The molecule has 7 heavy (non-hydrogen) atoms. The maximum Gasteiger partial charge on any atom is 0.300 e. The van der Waals surface area contributed by atoms with Crippen LogP contribution in [0.2, 0.25) is 0 Å². The van der Waals surface area contributed by atoms with E-state index in [2.05, 4.69) is 11.7 Å². The fourth-order valence-electron chi connectivity index (χ4n) is 0. The van der Waals surface area contributed by atoms with Crippen LogP contribution in [0.25, 0.3) is 0 Å². The molecular formula is C2H10N2O3. The van der Waals surface area contributed by atoms with Gasteiger partial charge in [-0.1, -0.05) is 0 Å². The fraction of sp³-hybridized carbons (Fsp3) is 0.500. The monoisotopic (exact) mass is 110 g/mol. The molecule has 0 radical (unpaired) electrons. The van der Waals surface area contributed by atoms with E-state index < -0.39 is 5.97 Å². The molecule has 7 N–H and O–H groups in total. The molecule has 0 aliphatic rings. The molecule has 46 valence electrons. The van der Waals surface area contributed by atoms with Gasteiger partial charge in [0.05, 0.1) is 0 Å². The smallest absolute Gasteiger partial charge is 0.300 e. The van der Waals surface area contributed by atoms with E-state index in [9.17, 15) is 0 Å². The molecule has 5 nitrogen and oxygen atoms in total. The summed E-state index contributed by atoms with van der Waals surface area (Å²) in [5, 5.41) is 7.42. The van der Waals surface area contributed by atoms with Gasteiger partial charge in [0.2, 0.25) is 0 Å². The third-order valence-electron chi connectivity index (χ3n) is 0. The average molecular weight is 110 g/mol. The summed E-state index contributed by atoms with van der Waals surface area (Å²) in [6.45, 7) is 1.08. The van der Waals surface area contributed by atoms with Gasteiger partial charge in [-0.05, 0) is 0 Å². The number of aliphatic carboxylic acids is 1. The summed E-state index contributed by atoms with van der Waals surface area (Å²) in [5.74, 6) is 7.17. The van der Waals surface area contributed by atoms with Gasteiger partial charge in [-0.3, -0.25) is 16.5 Å². The molecule has 0 aromatic rings. The van der Waals surface area contributed by atoms with Crippen LogP contribution in [0.4, 0.5) is 0 Å². The number of carboxylic acids is 1. The predicted molar refractivity (Wildman–Crippen MR) is 25.3 cm³/mol. The zero-order chi connectivity index (χ0) is 5.58. The van der Waals surface area contributed by atoms with Gasteiger partial charge in [-0.2, -0.15) is 0 Å². The Bertz CT molecular complexity index is 33.9. The Hall–Kier alpha value is -0.650. The van der Waals surface area contributed by atoms with Gasteiger partial charge < -0.3 is 10.6 Å². The number of nitrogens with two attached hydrogens (primary N) is 2. The molecule has 0 fully saturated rings. The maximum absolute atomic E-state index is 9.00. The number of hydrazine groups is 1. The number of rotatable bonds is 0. The van der Waals surface area contributed by atoms with Crippen molar-refractivity contribution < 1.29 is 15.4 Å². The zero-order valence-electron chi connectivity index (χ0n) is 4.01. The minimum absolute atomic E-state index is 0. The Kier molecular flexibility index (Phi) is 42.4. The maximum atomic E-state index is 9.00. The second-order valence-corrected chi connectivity index (χ2v) is 0.519. The first kappa shape index (κ1) is 16.2. The van der Waals surface area contributed by atoms with Gasteiger partial charge in [0, 0.05) is 6.92 Å². The molecular weight excluding hydrogens is 100 g/mol.